The van der Waals surface area contributed by atoms with Crippen LogP contribution in [0.1, 0.15) is 39.7 Å². The van der Waals surface area contributed by atoms with E-state index in [1.54, 1.807) is 0 Å². The van der Waals surface area contributed by atoms with Crippen molar-refractivity contribution in [2.75, 3.05) is 18.4 Å². The SMILES string of the molecule is CCNCc1ccccc1NC(=O)CCNC(=O)C(C)(C)C.Cl. The molecule has 1 aromatic carbocycles. The summed E-state index contributed by atoms with van der Waals surface area (Å²) < 4.78 is 0. The van der Waals surface area contributed by atoms with Gasteiger partial charge >= 0.3 is 0 Å². The van der Waals surface area contributed by atoms with Gasteiger partial charge in [0.2, 0.25) is 11.8 Å². The first-order chi connectivity index (χ1) is 10.3. The molecule has 0 bridgehead atoms. The minimum absolute atomic E-state index is 0. The quantitative estimate of drug-likeness (QED) is 0.714. The molecule has 130 valence electrons. The Morgan fingerprint density at radius 2 is 1.78 bits per heavy atom. The van der Waals surface area contributed by atoms with Crippen LogP contribution < -0.4 is 16.0 Å². The van der Waals surface area contributed by atoms with E-state index < -0.39 is 5.41 Å². The molecule has 1 rings (SSSR count). The maximum Gasteiger partial charge on any atom is 0.226 e. The van der Waals surface area contributed by atoms with Gasteiger partial charge in [0.15, 0.2) is 0 Å². The van der Waals surface area contributed by atoms with E-state index in [0.29, 0.717) is 13.1 Å². The molecule has 0 spiro atoms. The Labute approximate surface area is 145 Å². The number of carbonyl (C=O) groups is 2. The van der Waals surface area contributed by atoms with Crippen molar-refractivity contribution >= 4 is 29.9 Å². The fraction of sp³-hybridized carbons (Fsp3) is 0.529. The van der Waals surface area contributed by atoms with Gasteiger partial charge in [-0.15, -0.1) is 12.4 Å². The molecule has 0 radical (unpaired) electrons. The van der Waals surface area contributed by atoms with Gasteiger partial charge in [-0.25, -0.2) is 0 Å². The van der Waals surface area contributed by atoms with E-state index in [1.807, 2.05) is 52.0 Å². The third-order valence-corrected chi connectivity index (χ3v) is 3.18. The molecule has 0 saturated heterocycles. The van der Waals surface area contributed by atoms with E-state index in [0.717, 1.165) is 17.8 Å². The molecule has 0 atom stereocenters. The first kappa shape index (κ1) is 21.4. The molecule has 0 aromatic heterocycles. The number of nitrogens with one attached hydrogen (secondary N) is 3. The van der Waals surface area contributed by atoms with Gasteiger partial charge in [-0.05, 0) is 18.2 Å². The van der Waals surface area contributed by atoms with Crippen LogP contribution in [0.4, 0.5) is 5.69 Å². The number of hydrogen-bond acceptors (Lipinski definition) is 3. The maximum atomic E-state index is 12.0. The number of rotatable bonds is 7. The van der Waals surface area contributed by atoms with Crippen molar-refractivity contribution in [1.82, 2.24) is 10.6 Å². The average Bonchev–Trinajstić information content (AvgIpc) is 2.45. The maximum absolute atomic E-state index is 12.0. The molecule has 5 nitrogen and oxygen atoms in total. The molecule has 0 saturated carbocycles. The average molecular weight is 342 g/mol. The van der Waals surface area contributed by atoms with Crippen molar-refractivity contribution in [2.24, 2.45) is 5.41 Å². The van der Waals surface area contributed by atoms with Crippen LogP contribution in [-0.2, 0) is 16.1 Å². The zero-order valence-corrected chi connectivity index (χ0v) is 15.2. The summed E-state index contributed by atoms with van der Waals surface area (Å²) in [6.45, 7) is 9.52. The smallest absolute Gasteiger partial charge is 0.226 e. The van der Waals surface area contributed by atoms with Crippen molar-refractivity contribution in [3.63, 3.8) is 0 Å². The molecule has 0 unspecified atom stereocenters. The number of hydrogen-bond donors (Lipinski definition) is 3. The largest absolute Gasteiger partial charge is 0.355 e. The predicted octanol–water partition coefficient (Wildman–Crippen LogP) is 2.71. The van der Waals surface area contributed by atoms with Crippen molar-refractivity contribution < 1.29 is 9.59 Å². The lowest BCUT2D eigenvalue weighted by molar-refractivity contribution is -0.128. The van der Waals surface area contributed by atoms with Crippen molar-refractivity contribution in [1.29, 1.82) is 0 Å². The topological polar surface area (TPSA) is 70.2 Å². The summed E-state index contributed by atoms with van der Waals surface area (Å²) in [7, 11) is 0. The Morgan fingerprint density at radius 3 is 2.39 bits per heavy atom. The molecule has 2 amide bonds. The third kappa shape index (κ3) is 8.00. The van der Waals surface area contributed by atoms with Crippen LogP contribution >= 0.6 is 12.4 Å². The Balaban J connectivity index is 0.00000484. The normalized spacial score (nSPS) is 10.6. The van der Waals surface area contributed by atoms with Crippen molar-refractivity contribution in [3.05, 3.63) is 29.8 Å². The van der Waals surface area contributed by atoms with Crippen LogP contribution in [-0.4, -0.2) is 24.9 Å². The van der Waals surface area contributed by atoms with Gasteiger partial charge in [0.1, 0.15) is 0 Å². The van der Waals surface area contributed by atoms with Crippen LogP contribution in [0.5, 0.6) is 0 Å². The summed E-state index contributed by atoms with van der Waals surface area (Å²) in [4.78, 5) is 23.7. The molecular formula is C17H28ClN3O2. The van der Waals surface area contributed by atoms with E-state index in [4.69, 9.17) is 0 Å². The minimum atomic E-state index is -0.436. The highest BCUT2D eigenvalue weighted by Crippen LogP contribution is 2.15. The van der Waals surface area contributed by atoms with E-state index in [1.165, 1.54) is 0 Å². The van der Waals surface area contributed by atoms with Crippen LogP contribution in [0.2, 0.25) is 0 Å². The highest BCUT2D eigenvalue weighted by atomic mass is 35.5. The van der Waals surface area contributed by atoms with Crippen LogP contribution in [0.25, 0.3) is 0 Å². The zero-order chi connectivity index (χ0) is 16.6. The fourth-order valence-electron chi connectivity index (χ4n) is 1.82. The second kappa shape index (κ2) is 10.2. The minimum Gasteiger partial charge on any atom is -0.355 e. The first-order valence-electron chi connectivity index (χ1n) is 7.71. The number of amides is 2. The van der Waals surface area contributed by atoms with Gasteiger partial charge in [-0.2, -0.15) is 0 Å². The predicted molar refractivity (Wildman–Crippen MR) is 96.8 cm³/mol. The lowest BCUT2D eigenvalue weighted by Gasteiger charge is -2.17. The Bertz CT molecular complexity index is 513. The standard InChI is InChI=1S/C17H27N3O2.ClH/c1-5-18-12-13-8-6-7-9-14(13)20-15(21)10-11-19-16(22)17(2,3)4;/h6-9,18H,5,10-12H2,1-4H3,(H,19,22)(H,20,21);1H. The third-order valence-electron chi connectivity index (χ3n) is 3.18. The Kier molecular flexibility index (Phi) is 9.53. The molecule has 1 aromatic rings. The van der Waals surface area contributed by atoms with Crippen molar-refractivity contribution in [3.8, 4) is 0 Å². The van der Waals surface area contributed by atoms with E-state index in [-0.39, 0.29) is 30.6 Å². The number of carbonyl (C=O) groups excluding carboxylic acids is 2. The lowest BCUT2D eigenvalue weighted by atomic mass is 9.96. The van der Waals surface area contributed by atoms with Crippen molar-refractivity contribution in [2.45, 2.75) is 40.7 Å². The molecule has 0 aliphatic rings. The number of benzene rings is 1. The van der Waals surface area contributed by atoms with Crippen LogP contribution in [0.3, 0.4) is 0 Å². The summed E-state index contributed by atoms with van der Waals surface area (Å²) in [5, 5.41) is 8.92. The van der Waals surface area contributed by atoms with E-state index in [9.17, 15) is 9.59 Å². The Hall–Kier alpha value is -1.59. The highest BCUT2D eigenvalue weighted by Gasteiger charge is 2.20. The molecule has 3 N–H and O–H groups in total. The summed E-state index contributed by atoms with van der Waals surface area (Å²) in [6.07, 6.45) is 0.261. The second-order valence-electron chi connectivity index (χ2n) is 6.24. The van der Waals surface area contributed by atoms with Gasteiger partial charge in [0, 0.05) is 30.6 Å². The fourth-order valence-corrected chi connectivity index (χ4v) is 1.82. The second-order valence-corrected chi connectivity index (χ2v) is 6.24. The number of anilines is 1. The summed E-state index contributed by atoms with van der Waals surface area (Å²) in [6, 6.07) is 7.72. The van der Waals surface area contributed by atoms with Crippen LogP contribution in [0, 0.1) is 5.41 Å². The molecule has 0 aliphatic heterocycles. The van der Waals surface area contributed by atoms with E-state index >= 15 is 0 Å². The molecular weight excluding hydrogens is 314 g/mol. The summed E-state index contributed by atoms with van der Waals surface area (Å²) >= 11 is 0. The molecule has 0 fully saturated rings. The van der Waals surface area contributed by atoms with E-state index in [2.05, 4.69) is 16.0 Å². The summed E-state index contributed by atoms with van der Waals surface area (Å²) in [5.74, 6) is -0.147. The lowest BCUT2D eigenvalue weighted by Crippen LogP contribution is -2.36. The first-order valence-corrected chi connectivity index (χ1v) is 7.71. The van der Waals surface area contributed by atoms with Gasteiger partial charge < -0.3 is 16.0 Å². The van der Waals surface area contributed by atoms with Gasteiger partial charge in [-0.3, -0.25) is 9.59 Å². The summed E-state index contributed by atoms with van der Waals surface area (Å²) in [5.41, 5.74) is 1.43. The molecule has 23 heavy (non-hydrogen) atoms. The van der Waals surface area contributed by atoms with Crippen LogP contribution in [0.15, 0.2) is 24.3 Å². The molecule has 0 aliphatic carbocycles. The molecule has 6 heteroatoms. The highest BCUT2D eigenvalue weighted by molar-refractivity contribution is 5.92. The number of para-hydroxylation sites is 1. The van der Waals surface area contributed by atoms with Gasteiger partial charge in [-0.1, -0.05) is 45.9 Å². The van der Waals surface area contributed by atoms with Gasteiger partial charge in [0.05, 0.1) is 0 Å². The molecule has 0 heterocycles. The Morgan fingerprint density at radius 1 is 1.13 bits per heavy atom. The zero-order valence-electron chi connectivity index (χ0n) is 14.4. The number of halogens is 1. The monoisotopic (exact) mass is 341 g/mol. The van der Waals surface area contributed by atoms with Gasteiger partial charge in [0.25, 0.3) is 0 Å².